The number of sulfonamides is 1. The molecule has 0 radical (unpaired) electrons. The van der Waals surface area contributed by atoms with E-state index in [2.05, 4.69) is 4.72 Å². The minimum Gasteiger partial charge on any atom is -0.484 e. The Bertz CT molecular complexity index is 1020. The molecule has 0 saturated heterocycles. The highest BCUT2D eigenvalue weighted by atomic mass is 35.5. The molecule has 8 heteroatoms. The lowest BCUT2D eigenvalue weighted by Crippen LogP contribution is -2.48. The highest BCUT2D eigenvalue weighted by Crippen LogP contribution is 2.39. The van der Waals surface area contributed by atoms with Gasteiger partial charge in [-0.3, -0.25) is 9.52 Å². The van der Waals surface area contributed by atoms with Crippen LogP contribution in [-0.4, -0.2) is 26.5 Å². The molecule has 0 fully saturated rings. The Balaban J connectivity index is 2.00. The number of nitrogens with zero attached hydrogens (tertiary/aromatic N) is 1. The summed E-state index contributed by atoms with van der Waals surface area (Å²) in [5, 5.41) is 0.529. The first-order valence-corrected chi connectivity index (χ1v) is 10.2. The van der Waals surface area contributed by atoms with Crippen molar-refractivity contribution in [2.24, 2.45) is 0 Å². The highest BCUT2D eigenvalue weighted by Gasteiger charge is 2.34. The van der Waals surface area contributed by atoms with E-state index in [1.54, 1.807) is 31.2 Å². The highest BCUT2D eigenvalue weighted by molar-refractivity contribution is 7.92. The first-order chi connectivity index (χ1) is 12.5. The maximum atomic E-state index is 12.8. The molecule has 6 nitrogen and oxygen atoms in total. The van der Waals surface area contributed by atoms with E-state index in [0.717, 1.165) is 0 Å². The quantitative estimate of drug-likeness (QED) is 0.833. The second-order valence-corrected chi connectivity index (χ2v) is 9.28. The first-order valence-electron chi connectivity index (χ1n) is 8.39. The predicted octanol–water partition coefficient (Wildman–Crippen LogP) is 3.97. The van der Waals surface area contributed by atoms with Gasteiger partial charge in [0.1, 0.15) is 11.4 Å². The molecule has 3 rings (SSSR count). The van der Waals surface area contributed by atoms with Gasteiger partial charge >= 0.3 is 0 Å². The van der Waals surface area contributed by atoms with Crippen molar-refractivity contribution in [1.29, 1.82) is 0 Å². The fourth-order valence-corrected chi connectivity index (χ4v) is 4.36. The Morgan fingerprint density at radius 3 is 2.56 bits per heavy atom. The normalized spacial score (nSPS) is 15.7. The van der Waals surface area contributed by atoms with Crippen LogP contribution in [0, 0.1) is 6.92 Å². The molecule has 0 saturated carbocycles. The third kappa shape index (κ3) is 4.04. The van der Waals surface area contributed by atoms with Gasteiger partial charge in [-0.2, -0.15) is 0 Å². The van der Waals surface area contributed by atoms with Crippen LogP contribution >= 0.6 is 11.6 Å². The smallest absolute Gasteiger partial charge is 0.261 e. The maximum absolute atomic E-state index is 12.8. The minimum atomic E-state index is -3.85. The number of halogens is 1. The summed E-state index contributed by atoms with van der Waals surface area (Å²) >= 11 is 5.92. The number of carbonyl (C=O) groups excluding carboxylic acids is 1. The summed E-state index contributed by atoms with van der Waals surface area (Å²) in [5.74, 6) is 0.298. The molecule has 2 aromatic rings. The van der Waals surface area contributed by atoms with Crippen LogP contribution in [0.25, 0.3) is 0 Å². The number of fused-ring (bicyclic) bond motifs is 1. The van der Waals surface area contributed by atoms with Crippen molar-refractivity contribution in [3.8, 4) is 5.75 Å². The number of amides is 1. The largest absolute Gasteiger partial charge is 0.484 e. The van der Waals surface area contributed by atoms with Gasteiger partial charge in [0.2, 0.25) is 5.91 Å². The molecule has 0 bridgehead atoms. The van der Waals surface area contributed by atoms with E-state index in [9.17, 15) is 13.2 Å². The molecule has 1 amide bonds. The molecule has 1 heterocycles. The number of anilines is 2. The fourth-order valence-electron chi connectivity index (χ4n) is 2.98. The number of hydrogen-bond acceptors (Lipinski definition) is 4. The zero-order valence-corrected chi connectivity index (χ0v) is 17.1. The van der Waals surface area contributed by atoms with Gasteiger partial charge < -0.3 is 9.64 Å². The average molecular weight is 409 g/mol. The number of nitrogens with one attached hydrogen (secondary N) is 1. The lowest BCUT2D eigenvalue weighted by Gasteiger charge is -2.39. The van der Waals surface area contributed by atoms with Crippen molar-refractivity contribution in [2.45, 2.75) is 38.2 Å². The molecule has 0 aromatic heterocycles. The number of carbonyl (C=O) groups is 1. The van der Waals surface area contributed by atoms with Crippen molar-refractivity contribution < 1.29 is 17.9 Å². The van der Waals surface area contributed by atoms with Crippen LogP contribution in [0.5, 0.6) is 5.75 Å². The third-order valence-electron chi connectivity index (χ3n) is 4.27. The van der Waals surface area contributed by atoms with Crippen LogP contribution < -0.4 is 14.4 Å². The number of ether oxygens (including phenoxy) is 1. The second-order valence-electron chi connectivity index (χ2n) is 7.16. The maximum Gasteiger partial charge on any atom is 0.261 e. The Morgan fingerprint density at radius 1 is 1.22 bits per heavy atom. The third-order valence-corrected chi connectivity index (χ3v) is 5.87. The topological polar surface area (TPSA) is 75.7 Å². The molecule has 0 atom stereocenters. The minimum absolute atomic E-state index is 0.0464. The van der Waals surface area contributed by atoms with Crippen LogP contribution in [0.15, 0.2) is 41.3 Å². The molecule has 1 aliphatic rings. The second kappa shape index (κ2) is 6.73. The van der Waals surface area contributed by atoms with Gasteiger partial charge in [-0.15, -0.1) is 0 Å². The molecule has 2 aromatic carbocycles. The standard InChI is InChI=1S/C19H21ClN2O4S/c1-12-9-14(20)5-7-16(12)21-27(24,25)15-6-8-18-17(10-15)22(13(2)23)11-19(3,4)26-18/h5-10,21H,11H2,1-4H3. The number of hydrogen-bond donors (Lipinski definition) is 1. The molecule has 1 aliphatic heterocycles. The summed E-state index contributed by atoms with van der Waals surface area (Å²) in [7, 11) is -3.85. The van der Waals surface area contributed by atoms with Crippen molar-refractivity contribution in [3.63, 3.8) is 0 Å². The summed E-state index contributed by atoms with van der Waals surface area (Å²) in [5.41, 5.74) is 1.03. The van der Waals surface area contributed by atoms with Crippen molar-refractivity contribution in [2.75, 3.05) is 16.2 Å². The van der Waals surface area contributed by atoms with E-state index in [-0.39, 0.29) is 10.8 Å². The average Bonchev–Trinajstić information content (AvgIpc) is 2.55. The van der Waals surface area contributed by atoms with E-state index in [1.807, 2.05) is 13.8 Å². The van der Waals surface area contributed by atoms with E-state index in [4.69, 9.17) is 16.3 Å². The van der Waals surface area contributed by atoms with Crippen molar-refractivity contribution in [1.82, 2.24) is 0 Å². The van der Waals surface area contributed by atoms with Crippen LogP contribution in [0.1, 0.15) is 26.3 Å². The number of aryl methyl sites for hydroxylation is 1. The Kier molecular flexibility index (Phi) is 4.86. The number of rotatable bonds is 3. The van der Waals surface area contributed by atoms with E-state index < -0.39 is 15.6 Å². The van der Waals surface area contributed by atoms with E-state index in [1.165, 1.54) is 24.0 Å². The zero-order chi connectivity index (χ0) is 20.0. The molecule has 0 unspecified atom stereocenters. The Labute approximate surface area is 164 Å². The van der Waals surface area contributed by atoms with Gasteiger partial charge in [-0.1, -0.05) is 11.6 Å². The fraction of sp³-hybridized carbons (Fsp3) is 0.316. The van der Waals surface area contributed by atoms with Gasteiger partial charge in [0, 0.05) is 11.9 Å². The summed E-state index contributed by atoms with van der Waals surface area (Å²) in [6.45, 7) is 7.30. The summed E-state index contributed by atoms with van der Waals surface area (Å²) in [6, 6.07) is 9.41. The van der Waals surface area contributed by atoms with E-state index in [0.29, 0.717) is 34.3 Å². The lowest BCUT2D eigenvalue weighted by atomic mass is 10.1. The molecule has 0 spiro atoms. The van der Waals surface area contributed by atoms with Gasteiger partial charge in [-0.05, 0) is 62.7 Å². The molecule has 1 N–H and O–H groups in total. The number of benzene rings is 2. The van der Waals surface area contributed by atoms with Crippen molar-refractivity contribution >= 4 is 38.9 Å². The first kappa shape index (κ1) is 19.5. The molecular weight excluding hydrogens is 388 g/mol. The Hall–Kier alpha value is -2.25. The van der Waals surface area contributed by atoms with E-state index >= 15 is 0 Å². The Morgan fingerprint density at radius 2 is 1.93 bits per heavy atom. The molecular formula is C19H21ClN2O4S. The van der Waals surface area contributed by atoms with Gasteiger partial charge in [0.05, 0.1) is 22.8 Å². The van der Waals surface area contributed by atoms with Gasteiger partial charge in [-0.25, -0.2) is 8.42 Å². The summed E-state index contributed by atoms with van der Waals surface area (Å²) < 4.78 is 34.1. The summed E-state index contributed by atoms with van der Waals surface area (Å²) in [6.07, 6.45) is 0. The molecule has 27 heavy (non-hydrogen) atoms. The van der Waals surface area contributed by atoms with Crippen LogP contribution in [-0.2, 0) is 14.8 Å². The zero-order valence-electron chi connectivity index (χ0n) is 15.5. The van der Waals surface area contributed by atoms with Gasteiger partial charge in [0.25, 0.3) is 10.0 Å². The summed E-state index contributed by atoms with van der Waals surface area (Å²) in [4.78, 5) is 13.7. The van der Waals surface area contributed by atoms with Gasteiger partial charge in [0.15, 0.2) is 0 Å². The monoisotopic (exact) mass is 408 g/mol. The van der Waals surface area contributed by atoms with Crippen LogP contribution in [0.2, 0.25) is 5.02 Å². The van der Waals surface area contributed by atoms with Crippen molar-refractivity contribution in [3.05, 3.63) is 47.0 Å². The molecule has 144 valence electrons. The molecule has 0 aliphatic carbocycles. The lowest BCUT2D eigenvalue weighted by molar-refractivity contribution is -0.117. The predicted molar refractivity (Wildman–Crippen MR) is 106 cm³/mol. The SMILES string of the molecule is CC(=O)N1CC(C)(C)Oc2ccc(S(=O)(=O)Nc3ccc(Cl)cc3C)cc21. The van der Waals surface area contributed by atoms with Crippen LogP contribution in [0.3, 0.4) is 0 Å². The van der Waals surface area contributed by atoms with Crippen LogP contribution in [0.4, 0.5) is 11.4 Å².